The van der Waals surface area contributed by atoms with Crippen LogP contribution in [0.15, 0.2) is 48.5 Å². The van der Waals surface area contributed by atoms with Gasteiger partial charge in [0.15, 0.2) is 0 Å². The quantitative estimate of drug-likeness (QED) is 0.301. The van der Waals surface area contributed by atoms with Gasteiger partial charge in [0.25, 0.3) is 0 Å². The molecule has 4 aromatic rings. The maximum Gasteiger partial charge on any atom is 0.107 e. The first kappa shape index (κ1) is 17.5. The van der Waals surface area contributed by atoms with Crippen LogP contribution in [-0.2, 0) is 12.8 Å². The highest BCUT2D eigenvalue weighted by molar-refractivity contribution is 8.76. The Morgan fingerprint density at radius 2 is 1.12 bits per heavy atom. The molecule has 2 aromatic carbocycles. The fraction of sp³-hybridized carbons (Fsp3) is 0.300. The van der Waals surface area contributed by atoms with Gasteiger partial charge in [-0.15, -0.1) is 0 Å². The van der Waals surface area contributed by atoms with Crippen LogP contribution in [0, 0.1) is 0 Å². The molecule has 2 aromatic heterocycles. The van der Waals surface area contributed by atoms with Crippen molar-refractivity contribution in [2.45, 2.75) is 25.7 Å². The second kappa shape index (κ2) is 8.64. The minimum atomic E-state index is 1.02. The van der Waals surface area contributed by atoms with Gasteiger partial charge in [-0.1, -0.05) is 45.9 Å². The number of aryl methyl sites for hydroxylation is 2. The average molecular weight is 383 g/mol. The molecule has 0 amide bonds. The molecule has 4 rings (SSSR count). The molecule has 2 N–H and O–H groups in total. The molecule has 0 saturated heterocycles. The van der Waals surface area contributed by atoms with E-state index in [2.05, 4.69) is 44.2 Å². The van der Waals surface area contributed by atoms with Crippen LogP contribution in [0.1, 0.15) is 24.5 Å². The highest BCUT2D eigenvalue weighted by Crippen LogP contribution is 2.24. The highest BCUT2D eigenvalue weighted by atomic mass is 33.1. The van der Waals surface area contributed by atoms with Crippen LogP contribution < -0.4 is 0 Å². The monoisotopic (exact) mass is 382 g/mol. The van der Waals surface area contributed by atoms with E-state index in [0.29, 0.717) is 0 Å². The molecule has 0 saturated carbocycles. The molecule has 0 spiro atoms. The zero-order chi connectivity index (χ0) is 17.6. The molecule has 6 heteroatoms. The molecule has 0 fully saturated rings. The summed E-state index contributed by atoms with van der Waals surface area (Å²) in [5, 5.41) is 0. The number of hydrogen-bond donors (Lipinski definition) is 2. The standard InChI is InChI=1S/C20H22N4S2/c1-2-8-16-15(7-1)21-19(22-16)11-5-13-25-26-14-6-12-20-23-17-9-3-4-10-18(17)24-20/h1-4,7-10H,5-6,11-14H2,(H,21,22)(H,23,24). The third kappa shape index (κ3) is 4.43. The fourth-order valence-electron chi connectivity index (χ4n) is 2.96. The summed E-state index contributed by atoms with van der Waals surface area (Å²) >= 11 is 0. The van der Waals surface area contributed by atoms with E-state index in [-0.39, 0.29) is 0 Å². The summed E-state index contributed by atoms with van der Waals surface area (Å²) < 4.78 is 0. The zero-order valence-corrected chi connectivity index (χ0v) is 16.2. The van der Waals surface area contributed by atoms with Crippen molar-refractivity contribution in [3.63, 3.8) is 0 Å². The van der Waals surface area contributed by atoms with Crippen molar-refractivity contribution in [2.75, 3.05) is 11.5 Å². The van der Waals surface area contributed by atoms with E-state index >= 15 is 0 Å². The number of H-pyrrole nitrogens is 2. The second-order valence-electron chi connectivity index (χ2n) is 6.25. The van der Waals surface area contributed by atoms with Gasteiger partial charge in [-0.05, 0) is 37.1 Å². The number of imidazole rings is 2. The SMILES string of the molecule is c1ccc2[nH]c(CCCSSCCCc3nc4ccccc4[nH]3)nc2c1. The van der Waals surface area contributed by atoms with Crippen molar-refractivity contribution < 1.29 is 0 Å². The number of fused-ring (bicyclic) bond motifs is 2. The Kier molecular flexibility index (Phi) is 5.82. The second-order valence-corrected chi connectivity index (χ2v) is 8.95. The Balaban J connectivity index is 1.10. The fourth-order valence-corrected chi connectivity index (χ4v) is 5.14. The first-order valence-electron chi connectivity index (χ1n) is 9.00. The van der Waals surface area contributed by atoms with E-state index < -0.39 is 0 Å². The normalized spacial score (nSPS) is 11.5. The van der Waals surface area contributed by atoms with Crippen LogP contribution in [-0.4, -0.2) is 31.4 Å². The van der Waals surface area contributed by atoms with Crippen LogP contribution in [0.3, 0.4) is 0 Å². The number of nitrogens with one attached hydrogen (secondary N) is 2. The Hall–Kier alpha value is -1.92. The van der Waals surface area contributed by atoms with Gasteiger partial charge >= 0.3 is 0 Å². The molecule has 26 heavy (non-hydrogen) atoms. The smallest absolute Gasteiger partial charge is 0.107 e. The summed E-state index contributed by atoms with van der Waals surface area (Å²) in [6.45, 7) is 0. The Labute approximate surface area is 161 Å². The van der Waals surface area contributed by atoms with Gasteiger partial charge in [-0.25, -0.2) is 9.97 Å². The number of benzene rings is 2. The van der Waals surface area contributed by atoms with Crippen molar-refractivity contribution in [3.05, 3.63) is 60.2 Å². The molecule has 2 heterocycles. The summed E-state index contributed by atoms with van der Waals surface area (Å²) in [5.74, 6) is 4.52. The first-order chi connectivity index (χ1) is 12.9. The predicted octanol–water partition coefficient (Wildman–Crippen LogP) is 5.39. The van der Waals surface area contributed by atoms with E-state index in [1.807, 2.05) is 45.9 Å². The Morgan fingerprint density at radius 1 is 0.654 bits per heavy atom. The lowest BCUT2D eigenvalue weighted by Crippen LogP contribution is -1.91. The van der Waals surface area contributed by atoms with Gasteiger partial charge in [0.1, 0.15) is 11.6 Å². The number of nitrogens with zero attached hydrogens (tertiary/aromatic N) is 2. The van der Waals surface area contributed by atoms with Gasteiger partial charge in [-0.3, -0.25) is 0 Å². The van der Waals surface area contributed by atoms with Gasteiger partial charge < -0.3 is 9.97 Å². The minimum absolute atomic E-state index is 1.02. The molecule has 0 aliphatic heterocycles. The van der Waals surface area contributed by atoms with E-state index in [0.717, 1.165) is 70.9 Å². The van der Waals surface area contributed by atoms with Gasteiger partial charge in [-0.2, -0.15) is 0 Å². The lowest BCUT2D eigenvalue weighted by atomic mass is 10.3. The van der Waals surface area contributed by atoms with Crippen LogP contribution >= 0.6 is 21.6 Å². The summed E-state index contributed by atoms with van der Waals surface area (Å²) in [7, 11) is 3.93. The minimum Gasteiger partial charge on any atom is -0.342 e. The molecule has 134 valence electrons. The molecular weight excluding hydrogens is 360 g/mol. The number of hydrogen-bond acceptors (Lipinski definition) is 4. The van der Waals surface area contributed by atoms with Crippen molar-refractivity contribution >= 4 is 43.7 Å². The van der Waals surface area contributed by atoms with Gasteiger partial charge in [0.05, 0.1) is 22.1 Å². The van der Waals surface area contributed by atoms with Gasteiger partial charge in [0, 0.05) is 24.3 Å². The van der Waals surface area contributed by atoms with Crippen LogP contribution in [0.4, 0.5) is 0 Å². The zero-order valence-electron chi connectivity index (χ0n) is 14.6. The number of rotatable bonds is 9. The predicted molar refractivity (Wildman–Crippen MR) is 114 cm³/mol. The number of aromatic nitrogens is 4. The largest absolute Gasteiger partial charge is 0.342 e. The van der Waals surface area contributed by atoms with Crippen LogP contribution in [0.25, 0.3) is 22.1 Å². The molecular formula is C20H22N4S2. The van der Waals surface area contributed by atoms with Crippen LogP contribution in [0.2, 0.25) is 0 Å². The van der Waals surface area contributed by atoms with Gasteiger partial charge in [0.2, 0.25) is 0 Å². The Bertz CT molecular complexity index is 830. The van der Waals surface area contributed by atoms with Crippen molar-refractivity contribution in [1.29, 1.82) is 0 Å². The number of aromatic amines is 2. The Morgan fingerprint density at radius 3 is 1.58 bits per heavy atom. The van der Waals surface area contributed by atoms with E-state index in [1.54, 1.807) is 0 Å². The van der Waals surface area contributed by atoms with E-state index in [1.165, 1.54) is 0 Å². The average Bonchev–Trinajstić information content (AvgIpc) is 3.26. The van der Waals surface area contributed by atoms with Crippen molar-refractivity contribution in [2.24, 2.45) is 0 Å². The molecule has 0 radical (unpaired) electrons. The molecule has 0 atom stereocenters. The van der Waals surface area contributed by atoms with E-state index in [9.17, 15) is 0 Å². The van der Waals surface area contributed by atoms with Crippen LogP contribution in [0.5, 0.6) is 0 Å². The molecule has 0 aliphatic carbocycles. The maximum absolute atomic E-state index is 4.63. The third-order valence-corrected chi connectivity index (χ3v) is 6.82. The van der Waals surface area contributed by atoms with Crippen molar-refractivity contribution in [1.82, 2.24) is 19.9 Å². The lowest BCUT2D eigenvalue weighted by molar-refractivity contribution is 0.869. The summed E-state index contributed by atoms with van der Waals surface area (Å²) in [5.41, 5.74) is 4.40. The molecule has 0 unspecified atom stereocenters. The molecule has 0 aliphatic rings. The highest BCUT2D eigenvalue weighted by Gasteiger charge is 2.03. The summed E-state index contributed by atoms with van der Waals surface area (Å²) in [6, 6.07) is 16.4. The maximum atomic E-state index is 4.63. The summed E-state index contributed by atoms with van der Waals surface area (Å²) in [6.07, 6.45) is 4.34. The number of para-hydroxylation sites is 4. The molecule has 4 nitrogen and oxygen atoms in total. The topological polar surface area (TPSA) is 57.4 Å². The molecule has 0 bridgehead atoms. The third-order valence-electron chi connectivity index (χ3n) is 4.24. The van der Waals surface area contributed by atoms with Crippen molar-refractivity contribution in [3.8, 4) is 0 Å². The summed E-state index contributed by atoms with van der Waals surface area (Å²) in [4.78, 5) is 16.1. The lowest BCUT2D eigenvalue weighted by Gasteiger charge is -2.00. The van der Waals surface area contributed by atoms with E-state index in [4.69, 9.17) is 0 Å². The first-order valence-corrected chi connectivity index (χ1v) is 11.5.